The first-order valence-corrected chi connectivity index (χ1v) is 8.02. The van der Waals surface area contributed by atoms with Crippen LogP contribution >= 0.6 is 22.9 Å². The summed E-state index contributed by atoms with van der Waals surface area (Å²) in [5.74, 6) is -0.992. The highest BCUT2D eigenvalue weighted by Gasteiger charge is 2.15. The second-order valence-corrected chi connectivity index (χ2v) is 6.33. The van der Waals surface area contributed by atoms with Crippen molar-refractivity contribution in [3.8, 4) is 0 Å². The van der Waals surface area contributed by atoms with Crippen molar-refractivity contribution in [1.29, 1.82) is 0 Å². The van der Waals surface area contributed by atoms with Crippen LogP contribution < -0.4 is 5.32 Å². The number of ketones is 1. The van der Waals surface area contributed by atoms with E-state index in [2.05, 4.69) is 10.3 Å². The summed E-state index contributed by atoms with van der Waals surface area (Å²) >= 11 is 7.02. The Balaban J connectivity index is 1.82. The van der Waals surface area contributed by atoms with E-state index < -0.39 is 5.97 Å². The zero-order chi connectivity index (χ0) is 16.8. The van der Waals surface area contributed by atoms with Gasteiger partial charge in [-0.1, -0.05) is 11.6 Å². The summed E-state index contributed by atoms with van der Waals surface area (Å²) < 4.78 is 4.95. The van der Waals surface area contributed by atoms with Crippen molar-refractivity contribution >= 4 is 40.6 Å². The van der Waals surface area contributed by atoms with E-state index in [1.807, 2.05) is 6.07 Å². The summed E-state index contributed by atoms with van der Waals surface area (Å²) in [6.45, 7) is 1.64. The Bertz CT molecular complexity index is 723. The van der Waals surface area contributed by atoms with E-state index in [1.165, 1.54) is 30.5 Å². The first-order chi connectivity index (χ1) is 11.0. The van der Waals surface area contributed by atoms with Crippen LogP contribution in [0.25, 0.3) is 0 Å². The first-order valence-electron chi connectivity index (χ1n) is 6.83. The molecule has 0 spiro atoms. The van der Waals surface area contributed by atoms with Crippen LogP contribution in [-0.2, 0) is 16.0 Å². The van der Waals surface area contributed by atoms with Gasteiger partial charge in [-0.05, 0) is 24.6 Å². The van der Waals surface area contributed by atoms with Gasteiger partial charge in [0.25, 0.3) is 0 Å². The lowest BCUT2D eigenvalue weighted by atomic mass is 10.3. The summed E-state index contributed by atoms with van der Waals surface area (Å²) in [4.78, 5) is 38.7. The van der Waals surface area contributed by atoms with Gasteiger partial charge in [0, 0.05) is 24.5 Å². The van der Waals surface area contributed by atoms with Crippen LogP contribution in [0.4, 0.5) is 0 Å². The van der Waals surface area contributed by atoms with E-state index in [4.69, 9.17) is 16.3 Å². The highest BCUT2D eigenvalue weighted by molar-refractivity contribution is 7.14. The number of nitrogens with one attached hydrogen (secondary N) is 2. The molecule has 0 bridgehead atoms. The monoisotopic (exact) mass is 354 g/mol. The number of aromatic amines is 1. The quantitative estimate of drug-likeness (QED) is 0.590. The third-order valence-corrected chi connectivity index (χ3v) is 4.29. The maximum Gasteiger partial charge on any atom is 0.355 e. The molecule has 2 N–H and O–H groups in total. The number of rotatable bonds is 7. The molecule has 0 aromatic carbocycles. The number of hydrogen-bond donors (Lipinski definition) is 2. The van der Waals surface area contributed by atoms with Crippen LogP contribution in [0.5, 0.6) is 0 Å². The van der Waals surface area contributed by atoms with Gasteiger partial charge in [-0.25, -0.2) is 4.79 Å². The van der Waals surface area contributed by atoms with Gasteiger partial charge in [0.05, 0.1) is 9.90 Å². The molecular formula is C15H15ClN2O4S. The molecule has 0 radical (unpaired) electrons. The predicted molar refractivity (Wildman–Crippen MR) is 87.1 cm³/mol. The third kappa shape index (κ3) is 5.22. The molecule has 23 heavy (non-hydrogen) atoms. The number of ether oxygens (including phenoxy) is 1. The highest BCUT2D eigenvalue weighted by Crippen LogP contribution is 2.18. The lowest BCUT2D eigenvalue weighted by Gasteiger charge is -2.01. The molecule has 0 aliphatic carbocycles. The van der Waals surface area contributed by atoms with Crippen molar-refractivity contribution in [3.63, 3.8) is 0 Å². The fourth-order valence-corrected chi connectivity index (χ4v) is 2.88. The molecule has 8 heteroatoms. The molecule has 0 saturated heterocycles. The normalized spacial score (nSPS) is 10.3. The predicted octanol–water partition coefficient (Wildman–Crippen LogP) is 2.45. The van der Waals surface area contributed by atoms with Gasteiger partial charge < -0.3 is 15.0 Å². The van der Waals surface area contributed by atoms with Gasteiger partial charge >= 0.3 is 5.97 Å². The van der Waals surface area contributed by atoms with Crippen molar-refractivity contribution in [2.24, 2.45) is 0 Å². The molecule has 122 valence electrons. The van der Waals surface area contributed by atoms with Gasteiger partial charge in [-0.15, -0.1) is 11.3 Å². The molecule has 0 atom stereocenters. The summed E-state index contributed by atoms with van der Waals surface area (Å²) in [6, 6.07) is 4.95. The molecule has 6 nitrogen and oxygen atoms in total. The van der Waals surface area contributed by atoms with Crippen LogP contribution in [0.3, 0.4) is 0 Å². The topological polar surface area (TPSA) is 88.3 Å². The molecule has 0 unspecified atom stereocenters. The molecule has 2 aromatic rings. The molecule has 2 rings (SSSR count). The summed E-state index contributed by atoms with van der Waals surface area (Å²) in [5, 5.41) is 3.09. The Labute approximate surface area is 141 Å². The van der Waals surface area contributed by atoms with Crippen LogP contribution in [0.1, 0.15) is 32.0 Å². The van der Waals surface area contributed by atoms with Crippen molar-refractivity contribution in [3.05, 3.63) is 44.9 Å². The molecule has 1 amide bonds. The molecule has 0 aliphatic heterocycles. The van der Waals surface area contributed by atoms with Gasteiger partial charge in [-0.2, -0.15) is 0 Å². The van der Waals surface area contributed by atoms with Crippen molar-refractivity contribution in [2.45, 2.75) is 13.3 Å². The third-order valence-electron chi connectivity index (χ3n) is 2.88. The molecule has 0 fully saturated rings. The molecule has 2 aromatic heterocycles. The average Bonchev–Trinajstić information content (AvgIpc) is 3.13. The number of halogens is 1. The lowest BCUT2D eigenvalue weighted by Crippen LogP contribution is -2.22. The number of carbonyl (C=O) groups excluding carboxylic acids is 3. The summed E-state index contributed by atoms with van der Waals surface area (Å²) in [5.41, 5.74) is 0.199. The van der Waals surface area contributed by atoms with Gasteiger partial charge in [0.1, 0.15) is 5.69 Å². The number of esters is 1. The van der Waals surface area contributed by atoms with Gasteiger partial charge in [0.15, 0.2) is 6.61 Å². The van der Waals surface area contributed by atoms with Crippen molar-refractivity contribution in [1.82, 2.24) is 10.3 Å². The number of thiophene rings is 1. The largest absolute Gasteiger partial charge is 0.453 e. The second-order valence-electron chi connectivity index (χ2n) is 4.73. The van der Waals surface area contributed by atoms with E-state index in [9.17, 15) is 14.4 Å². The standard InChI is InChI=1S/C15H15ClN2O4S/c1-9(19)17-5-4-11-2-3-14(23-11)13(20)8-22-15(21)12-6-10(16)7-18-12/h2-3,6-7,18H,4-5,8H2,1H3,(H,17,19). The molecule has 0 saturated carbocycles. The minimum Gasteiger partial charge on any atom is -0.453 e. The minimum atomic E-state index is -0.632. The highest BCUT2D eigenvalue weighted by atomic mass is 35.5. The smallest absolute Gasteiger partial charge is 0.355 e. The van der Waals surface area contributed by atoms with Crippen LogP contribution in [0.2, 0.25) is 5.02 Å². The SMILES string of the molecule is CC(=O)NCCc1ccc(C(=O)COC(=O)c2cc(Cl)c[nH]2)s1. The van der Waals surface area contributed by atoms with Crippen molar-refractivity contribution < 1.29 is 19.1 Å². The van der Waals surface area contributed by atoms with E-state index in [0.717, 1.165) is 4.88 Å². The maximum absolute atomic E-state index is 12.0. The first kappa shape index (κ1) is 17.2. The van der Waals surface area contributed by atoms with Crippen LogP contribution in [0, 0.1) is 0 Å². The van der Waals surface area contributed by atoms with Crippen LogP contribution in [0.15, 0.2) is 24.4 Å². The van der Waals surface area contributed by atoms with Crippen LogP contribution in [-0.4, -0.2) is 35.8 Å². The summed E-state index contributed by atoms with van der Waals surface area (Å²) in [6.07, 6.45) is 2.11. The molecule has 0 aliphatic rings. The van der Waals surface area contributed by atoms with Gasteiger partial charge in [0.2, 0.25) is 11.7 Å². The number of Topliss-reactive ketones (excluding diaryl/α,β-unsaturated/α-hetero) is 1. The Morgan fingerprint density at radius 1 is 1.35 bits per heavy atom. The molecular weight excluding hydrogens is 340 g/mol. The number of carbonyl (C=O) groups is 3. The van der Waals surface area contributed by atoms with Gasteiger partial charge in [-0.3, -0.25) is 9.59 Å². The minimum absolute atomic E-state index is 0.0887. The Kier molecular flexibility index (Phi) is 5.95. The van der Waals surface area contributed by atoms with E-state index in [-0.39, 0.29) is 24.0 Å². The Hall–Kier alpha value is -2.12. The summed E-state index contributed by atoms with van der Waals surface area (Å²) in [7, 11) is 0. The zero-order valence-corrected chi connectivity index (χ0v) is 13.9. The maximum atomic E-state index is 12.0. The Morgan fingerprint density at radius 2 is 2.13 bits per heavy atom. The fraction of sp³-hybridized carbons (Fsp3) is 0.267. The number of amides is 1. The number of hydrogen-bond acceptors (Lipinski definition) is 5. The van der Waals surface area contributed by atoms with E-state index in [0.29, 0.717) is 22.9 Å². The van der Waals surface area contributed by atoms with E-state index in [1.54, 1.807) is 6.07 Å². The fourth-order valence-electron chi connectivity index (χ4n) is 1.79. The van der Waals surface area contributed by atoms with Crippen molar-refractivity contribution in [2.75, 3.05) is 13.2 Å². The lowest BCUT2D eigenvalue weighted by molar-refractivity contribution is -0.118. The average molecular weight is 355 g/mol. The molecule has 2 heterocycles. The zero-order valence-electron chi connectivity index (χ0n) is 12.3. The number of aromatic nitrogens is 1. The Morgan fingerprint density at radius 3 is 2.78 bits per heavy atom. The second kappa shape index (κ2) is 7.94. The number of H-pyrrole nitrogens is 1. The van der Waals surface area contributed by atoms with E-state index >= 15 is 0 Å².